The highest BCUT2D eigenvalue weighted by atomic mass is 79.9. The van der Waals surface area contributed by atoms with Crippen LogP contribution in [0.3, 0.4) is 0 Å². The second-order valence-corrected chi connectivity index (χ2v) is 5.75. The summed E-state index contributed by atoms with van der Waals surface area (Å²) in [6.07, 6.45) is 1.74. The topological polar surface area (TPSA) is 38.3 Å². The van der Waals surface area contributed by atoms with Crippen molar-refractivity contribution in [1.82, 2.24) is 5.32 Å². The van der Waals surface area contributed by atoms with Crippen LogP contribution in [0.4, 0.5) is 0 Å². The molecule has 0 bridgehead atoms. The Morgan fingerprint density at radius 3 is 2.76 bits per heavy atom. The molecule has 0 spiro atoms. The Labute approximate surface area is 114 Å². The van der Waals surface area contributed by atoms with Gasteiger partial charge in [0.2, 0.25) is 0 Å². The fourth-order valence-corrected chi connectivity index (χ4v) is 3.48. The third kappa shape index (κ3) is 2.89. The predicted molar refractivity (Wildman–Crippen MR) is 73.1 cm³/mol. The monoisotopic (exact) mass is 317 g/mol. The third-order valence-corrected chi connectivity index (χ3v) is 5.12. The summed E-state index contributed by atoms with van der Waals surface area (Å²) < 4.78 is 5.35. The molecule has 3 nitrogen and oxygen atoms in total. The lowest BCUT2D eigenvalue weighted by Gasteiger charge is -2.36. The largest absolute Gasteiger partial charge is 0.381 e. The van der Waals surface area contributed by atoms with Crippen molar-refractivity contribution in [2.75, 3.05) is 18.5 Å². The Hall–Kier alpha value is -0.390. The number of aryl methyl sites for hydroxylation is 1. The van der Waals surface area contributed by atoms with Crippen molar-refractivity contribution >= 4 is 33.2 Å². The van der Waals surface area contributed by atoms with E-state index in [1.54, 1.807) is 11.3 Å². The summed E-state index contributed by atoms with van der Waals surface area (Å²) in [5.74, 6) is 0.0325. The summed E-state index contributed by atoms with van der Waals surface area (Å²) in [4.78, 5) is 12.2. The van der Waals surface area contributed by atoms with E-state index in [2.05, 4.69) is 21.2 Å². The van der Waals surface area contributed by atoms with Gasteiger partial charge in [0.05, 0.1) is 11.1 Å². The minimum absolute atomic E-state index is 0.0325. The molecular weight excluding hydrogens is 302 g/mol. The molecule has 1 saturated heterocycles. The van der Waals surface area contributed by atoms with E-state index in [9.17, 15) is 4.79 Å². The van der Waals surface area contributed by atoms with E-state index in [0.29, 0.717) is 13.2 Å². The lowest BCUT2D eigenvalue weighted by molar-refractivity contribution is 0.0442. The van der Waals surface area contributed by atoms with Crippen LogP contribution in [0.15, 0.2) is 10.8 Å². The average molecular weight is 318 g/mol. The Morgan fingerprint density at radius 2 is 2.24 bits per heavy atom. The van der Waals surface area contributed by atoms with E-state index in [1.165, 1.54) is 0 Å². The molecule has 1 aliphatic heterocycles. The summed E-state index contributed by atoms with van der Waals surface area (Å²) in [7, 11) is 0. The Bertz CT molecular complexity index is 399. The second kappa shape index (κ2) is 5.50. The van der Waals surface area contributed by atoms with Crippen molar-refractivity contribution < 1.29 is 9.53 Å². The number of carbonyl (C=O) groups excluding carboxylic acids is 1. The molecule has 0 aromatic carbocycles. The first-order chi connectivity index (χ1) is 8.17. The van der Waals surface area contributed by atoms with E-state index < -0.39 is 0 Å². The first-order valence-electron chi connectivity index (χ1n) is 5.66. The van der Waals surface area contributed by atoms with E-state index >= 15 is 0 Å². The minimum atomic E-state index is -0.149. The molecule has 1 aromatic rings. The maximum atomic E-state index is 12.2. The molecular formula is C12H16BrNO2S. The molecule has 0 saturated carbocycles. The van der Waals surface area contributed by atoms with Crippen LogP contribution in [0, 0.1) is 6.92 Å². The fourth-order valence-electron chi connectivity index (χ4n) is 1.96. The number of ether oxygens (including phenoxy) is 1. The van der Waals surface area contributed by atoms with Crippen LogP contribution < -0.4 is 5.32 Å². The first-order valence-corrected chi connectivity index (χ1v) is 7.72. The summed E-state index contributed by atoms with van der Waals surface area (Å²) in [6.45, 7) is 3.40. The number of hydrogen-bond donors (Lipinski definition) is 1. The van der Waals surface area contributed by atoms with Crippen molar-refractivity contribution in [2.24, 2.45) is 0 Å². The lowest BCUT2D eigenvalue weighted by Crippen LogP contribution is -2.53. The predicted octanol–water partition coefficient (Wildman–Crippen LogP) is 2.73. The van der Waals surface area contributed by atoms with Gasteiger partial charge in [0.1, 0.15) is 0 Å². The van der Waals surface area contributed by atoms with E-state index in [0.717, 1.165) is 29.3 Å². The van der Waals surface area contributed by atoms with E-state index in [4.69, 9.17) is 4.74 Å². The Morgan fingerprint density at radius 1 is 1.53 bits per heavy atom. The second-order valence-electron chi connectivity index (χ2n) is 4.45. The average Bonchev–Trinajstić information content (AvgIpc) is 2.77. The fraction of sp³-hybridized carbons (Fsp3) is 0.583. The van der Waals surface area contributed by atoms with Gasteiger partial charge in [-0.25, -0.2) is 0 Å². The zero-order valence-corrected chi connectivity index (χ0v) is 12.2. The van der Waals surface area contributed by atoms with Crippen LogP contribution in [0.1, 0.15) is 28.8 Å². The number of rotatable bonds is 3. The molecule has 17 heavy (non-hydrogen) atoms. The number of alkyl halides is 1. The number of halogens is 1. The van der Waals surface area contributed by atoms with Gasteiger partial charge >= 0.3 is 0 Å². The lowest BCUT2D eigenvalue weighted by atomic mass is 9.92. The number of hydrogen-bond acceptors (Lipinski definition) is 3. The van der Waals surface area contributed by atoms with Gasteiger partial charge in [-0.15, -0.1) is 0 Å². The molecule has 1 amide bonds. The number of carbonyl (C=O) groups is 1. The SMILES string of the molecule is Cc1cscc1C(=O)NC1(CBr)CCOCC1. The van der Waals surface area contributed by atoms with Gasteiger partial charge in [-0.05, 0) is 30.7 Å². The van der Waals surface area contributed by atoms with Crippen LogP contribution in [0.25, 0.3) is 0 Å². The normalized spacial score (nSPS) is 18.9. The first kappa shape index (κ1) is 13.1. The molecule has 2 rings (SSSR count). The molecule has 2 heterocycles. The smallest absolute Gasteiger partial charge is 0.252 e. The van der Waals surface area contributed by atoms with Crippen LogP contribution in [0.5, 0.6) is 0 Å². The van der Waals surface area contributed by atoms with Crippen molar-refractivity contribution in [3.05, 3.63) is 21.9 Å². The van der Waals surface area contributed by atoms with E-state index in [-0.39, 0.29) is 11.4 Å². The zero-order chi connectivity index (χ0) is 12.3. The minimum Gasteiger partial charge on any atom is -0.381 e. The van der Waals surface area contributed by atoms with Crippen LogP contribution >= 0.6 is 27.3 Å². The Balaban J connectivity index is 2.08. The highest BCUT2D eigenvalue weighted by molar-refractivity contribution is 9.09. The van der Waals surface area contributed by atoms with Crippen molar-refractivity contribution in [3.8, 4) is 0 Å². The maximum Gasteiger partial charge on any atom is 0.252 e. The van der Waals surface area contributed by atoms with Crippen molar-refractivity contribution in [1.29, 1.82) is 0 Å². The maximum absolute atomic E-state index is 12.2. The standard InChI is InChI=1S/C12H16BrNO2S/c1-9-6-17-7-10(9)11(15)14-12(8-13)2-4-16-5-3-12/h6-7H,2-5,8H2,1H3,(H,14,15). The van der Waals surface area contributed by atoms with Gasteiger partial charge in [0.25, 0.3) is 5.91 Å². The van der Waals surface area contributed by atoms with Gasteiger partial charge in [0, 0.05) is 23.9 Å². The Kier molecular flexibility index (Phi) is 4.22. The third-order valence-electron chi connectivity index (χ3n) is 3.18. The van der Waals surface area contributed by atoms with Gasteiger partial charge in [-0.1, -0.05) is 15.9 Å². The molecule has 1 fully saturated rings. The van der Waals surface area contributed by atoms with Crippen LogP contribution in [-0.2, 0) is 4.74 Å². The molecule has 0 radical (unpaired) electrons. The number of nitrogens with one attached hydrogen (secondary N) is 1. The molecule has 0 unspecified atom stereocenters. The zero-order valence-electron chi connectivity index (χ0n) is 9.79. The van der Waals surface area contributed by atoms with E-state index in [1.807, 2.05) is 17.7 Å². The highest BCUT2D eigenvalue weighted by Gasteiger charge is 2.33. The van der Waals surface area contributed by atoms with Crippen molar-refractivity contribution in [2.45, 2.75) is 25.3 Å². The van der Waals surface area contributed by atoms with Gasteiger partial charge in [-0.2, -0.15) is 11.3 Å². The summed E-state index contributed by atoms with van der Waals surface area (Å²) >= 11 is 5.08. The van der Waals surface area contributed by atoms with Crippen LogP contribution in [-0.4, -0.2) is 30.0 Å². The molecule has 0 atom stereocenters. The van der Waals surface area contributed by atoms with Gasteiger partial charge in [-0.3, -0.25) is 4.79 Å². The summed E-state index contributed by atoms with van der Waals surface area (Å²) in [5.41, 5.74) is 1.69. The summed E-state index contributed by atoms with van der Waals surface area (Å²) in [5, 5.41) is 7.85. The van der Waals surface area contributed by atoms with Crippen LogP contribution in [0.2, 0.25) is 0 Å². The van der Waals surface area contributed by atoms with Gasteiger partial charge in [0.15, 0.2) is 0 Å². The highest BCUT2D eigenvalue weighted by Crippen LogP contribution is 2.24. The summed E-state index contributed by atoms with van der Waals surface area (Å²) in [6, 6.07) is 0. The van der Waals surface area contributed by atoms with Gasteiger partial charge < -0.3 is 10.1 Å². The quantitative estimate of drug-likeness (QED) is 0.870. The number of thiophene rings is 1. The molecule has 1 N–H and O–H groups in total. The molecule has 1 aliphatic rings. The molecule has 1 aromatic heterocycles. The molecule has 0 aliphatic carbocycles. The van der Waals surface area contributed by atoms with Crippen molar-refractivity contribution in [3.63, 3.8) is 0 Å². The molecule has 94 valence electrons. The molecule has 5 heteroatoms. The number of amides is 1.